The number of likely N-dealkylation sites (tertiary alicyclic amines) is 2. The second-order valence-electron chi connectivity index (χ2n) is 16.4. The Hall–Kier alpha value is -4.61. The van der Waals surface area contributed by atoms with Crippen LogP contribution in [0.1, 0.15) is 95.4 Å². The first-order valence-electron chi connectivity index (χ1n) is 19.1. The van der Waals surface area contributed by atoms with Crippen LogP contribution in [0.15, 0.2) is 11.3 Å². The third kappa shape index (κ3) is 18.0. The smallest absolute Gasteiger partial charge is 0.410 e. The number of esters is 2. The minimum Gasteiger partial charge on any atom is -0.499 e. The van der Waals surface area contributed by atoms with Gasteiger partial charge in [0.15, 0.2) is 5.78 Å². The molecule has 0 aromatic rings. The molecular weight excluding hydrogens is 750 g/mol. The standard InChI is InChI=1S/C14H23NO5.C13H21NO5.C12H21NO5/c1-6-19-12(16)10-7-8-15(9-11(10)18-5)13(17)20-14(2,3)4;1-5-18-11(16)9-6-7-14(8-10(9)15)12(17)19-13(2,3)4;1-12(2,3)18-11(16)13-6-5-8(10(14)15)9(7-13)17-4/h6-9H2,1-5H3;9H,5-8H2,1-4H3;8-9H,5-7H2,1-4H3,(H,14,15)/t;;8-,9+/m..0/s1. The number of methoxy groups -OCH3 is 2. The van der Waals surface area contributed by atoms with E-state index in [4.69, 9.17) is 38.3 Å². The Labute approximate surface area is 336 Å². The normalized spacial score (nSPS) is 20.1. The van der Waals surface area contributed by atoms with Crippen LogP contribution in [0, 0.1) is 11.8 Å². The van der Waals surface area contributed by atoms with Crippen LogP contribution in [0.4, 0.5) is 14.4 Å². The number of nitrogens with zero attached hydrogens (tertiary/aromatic N) is 3. The molecule has 57 heavy (non-hydrogen) atoms. The van der Waals surface area contributed by atoms with E-state index in [1.807, 2.05) is 20.8 Å². The molecule has 18 heteroatoms. The lowest BCUT2D eigenvalue weighted by molar-refractivity contribution is -0.154. The van der Waals surface area contributed by atoms with Crippen molar-refractivity contribution in [3.8, 4) is 0 Å². The highest BCUT2D eigenvalue weighted by atomic mass is 16.6. The fraction of sp³-hybridized carbons (Fsp3) is 0.769. The summed E-state index contributed by atoms with van der Waals surface area (Å²) in [7, 11) is 2.94. The van der Waals surface area contributed by atoms with Gasteiger partial charge in [0.2, 0.25) is 0 Å². The predicted octanol–water partition coefficient (Wildman–Crippen LogP) is 4.81. The third-order valence-corrected chi connectivity index (χ3v) is 8.20. The van der Waals surface area contributed by atoms with Crippen molar-refractivity contribution in [2.24, 2.45) is 11.8 Å². The molecule has 0 aromatic carbocycles. The molecule has 3 aliphatic rings. The molecule has 3 rings (SSSR count). The van der Waals surface area contributed by atoms with Gasteiger partial charge in [0.25, 0.3) is 0 Å². The summed E-state index contributed by atoms with van der Waals surface area (Å²) in [6, 6.07) is 0. The van der Waals surface area contributed by atoms with E-state index in [1.54, 1.807) is 55.4 Å². The fourth-order valence-corrected chi connectivity index (χ4v) is 5.57. The van der Waals surface area contributed by atoms with Crippen LogP contribution in [-0.2, 0) is 52.3 Å². The summed E-state index contributed by atoms with van der Waals surface area (Å²) in [6.07, 6.45) is -0.763. The Kier molecular flexibility index (Phi) is 19.8. The molecule has 3 amide bonds. The zero-order chi connectivity index (χ0) is 43.9. The van der Waals surface area contributed by atoms with E-state index in [9.17, 15) is 33.6 Å². The number of carboxylic acids is 1. The van der Waals surface area contributed by atoms with E-state index < -0.39 is 65.0 Å². The van der Waals surface area contributed by atoms with Gasteiger partial charge in [-0.2, -0.15) is 0 Å². The Morgan fingerprint density at radius 2 is 1.16 bits per heavy atom. The number of Topliss-reactive ketones (excluding diaryl/α,β-unsaturated/α-hetero) is 1. The summed E-state index contributed by atoms with van der Waals surface area (Å²) < 4.78 is 35.9. The second-order valence-corrected chi connectivity index (χ2v) is 16.4. The molecule has 18 nitrogen and oxygen atoms in total. The lowest BCUT2D eigenvalue weighted by atomic mass is 9.94. The first-order valence-corrected chi connectivity index (χ1v) is 19.1. The average Bonchev–Trinajstić information content (AvgIpc) is 3.09. The highest BCUT2D eigenvalue weighted by Gasteiger charge is 2.38. The summed E-state index contributed by atoms with van der Waals surface area (Å²) >= 11 is 0. The molecule has 3 atom stereocenters. The van der Waals surface area contributed by atoms with Crippen LogP contribution in [0.5, 0.6) is 0 Å². The highest BCUT2D eigenvalue weighted by Crippen LogP contribution is 2.24. The molecule has 3 heterocycles. The van der Waals surface area contributed by atoms with E-state index in [2.05, 4.69) is 0 Å². The highest BCUT2D eigenvalue weighted by molar-refractivity contribution is 6.01. The number of rotatable bonds is 7. The maximum absolute atomic E-state index is 12.0. The largest absolute Gasteiger partial charge is 0.499 e. The van der Waals surface area contributed by atoms with Crippen molar-refractivity contribution in [2.75, 3.05) is 66.7 Å². The van der Waals surface area contributed by atoms with Crippen molar-refractivity contribution in [3.05, 3.63) is 11.3 Å². The minimum atomic E-state index is -0.884. The summed E-state index contributed by atoms with van der Waals surface area (Å²) in [5.74, 6) is -2.92. The Balaban J connectivity index is 0.000000428. The van der Waals surface area contributed by atoms with Crippen molar-refractivity contribution in [3.63, 3.8) is 0 Å². The number of ketones is 1. The van der Waals surface area contributed by atoms with Crippen molar-refractivity contribution < 1.29 is 71.8 Å². The van der Waals surface area contributed by atoms with Gasteiger partial charge in [0.1, 0.15) is 28.5 Å². The number of piperidine rings is 2. The van der Waals surface area contributed by atoms with E-state index in [1.165, 1.54) is 28.9 Å². The molecule has 1 unspecified atom stereocenters. The topological polar surface area (TPSA) is 214 Å². The maximum Gasteiger partial charge on any atom is 0.410 e. The van der Waals surface area contributed by atoms with Gasteiger partial charge in [-0.1, -0.05) is 0 Å². The molecule has 0 bridgehead atoms. The van der Waals surface area contributed by atoms with Gasteiger partial charge in [-0.05, 0) is 89.0 Å². The van der Waals surface area contributed by atoms with Gasteiger partial charge >= 0.3 is 36.2 Å². The Morgan fingerprint density at radius 1 is 0.684 bits per heavy atom. The zero-order valence-corrected chi connectivity index (χ0v) is 36.0. The molecule has 2 fully saturated rings. The van der Waals surface area contributed by atoms with Gasteiger partial charge in [-0.15, -0.1) is 0 Å². The van der Waals surface area contributed by atoms with E-state index in [0.29, 0.717) is 50.4 Å². The number of carboxylic acid groups (broad SMARTS) is 1. The number of amides is 3. The predicted molar refractivity (Wildman–Crippen MR) is 205 cm³/mol. The molecule has 0 radical (unpaired) electrons. The first kappa shape index (κ1) is 50.4. The number of carbonyl (C=O) groups excluding carboxylic acids is 6. The molecule has 3 aliphatic heterocycles. The van der Waals surface area contributed by atoms with E-state index >= 15 is 0 Å². The molecule has 0 aromatic heterocycles. The zero-order valence-electron chi connectivity index (χ0n) is 36.0. The summed E-state index contributed by atoms with van der Waals surface area (Å²) in [5, 5.41) is 9.04. The van der Waals surface area contributed by atoms with Gasteiger partial charge in [-0.3, -0.25) is 14.4 Å². The summed E-state index contributed by atoms with van der Waals surface area (Å²) in [4.78, 5) is 86.1. The molecule has 326 valence electrons. The van der Waals surface area contributed by atoms with Gasteiger partial charge < -0.3 is 53.0 Å². The van der Waals surface area contributed by atoms with Gasteiger partial charge in [0.05, 0.1) is 57.6 Å². The van der Waals surface area contributed by atoms with Crippen LogP contribution < -0.4 is 0 Å². The average molecular weight is 816 g/mol. The quantitative estimate of drug-likeness (QED) is 0.207. The van der Waals surface area contributed by atoms with Crippen LogP contribution >= 0.6 is 0 Å². The Morgan fingerprint density at radius 3 is 1.58 bits per heavy atom. The van der Waals surface area contributed by atoms with Crippen molar-refractivity contribution in [1.82, 2.24) is 14.7 Å². The van der Waals surface area contributed by atoms with E-state index in [-0.39, 0.29) is 44.4 Å². The molecule has 1 N–H and O–H groups in total. The van der Waals surface area contributed by atoms with Gasteiger partial charge in [-0.25, -0.2) is 19.2 Å². The number of hydrogen-bond donors (Lipinski definition) is 1. The molecule has 2 saturated heterocycles. The van der Waals surface area contributed by atoms with Crippen molar-refractivity contribution in [1.29, 1.82) is 0 Å². The first-order chi connectivity index (χ1) is 26.3. The number of ether oxygens (including phenoxy) is 7. The lowest BCUT2D eigenvalue weighted by Crippen LogP contribution is -2.50. The van der Waals surface area contributed by atoms with E-state index in [0.717, 1.165) is 0 Å². The van der Waals surface area contributed by atoms with Crippen LogP contribution in [0.2, 0.25) is 0 Å². The second kappa shape index (κ2) is 22.4. The van der Waals surface area contributed by atoms with Gasteiger partial charge in [0, 0.05) is 33.2 Å². The monoisotopic (exact) mass is 815 g/mol. The Bertz CT molecular complexity index is 1440. The number of hydrogen-bond acceptors (Lipinski definition) is 14. The van der Waals surface area contributed by atoms with Crippen LogP contribution in [0.3, 0.4) is 0 Å². The fourth-order valence-electron chi connectivity index (χ4n) is 5.57. The molecule has 0 aliphatic carbocycles. The summed E-state index contributed by atoms with van der Waals surface area (Å²) in [5.41, 5.74) is -1.20. The SMILES string of the molecule is CCOC(=O)C1=C(OC)CN(C(=O)OC(C)(C)C)CC1.CCOC(=O)C1CCN(C(=O)OC(C)(C)C)CC1=O.CO[C@@H]1CN(C(=O)OC(C)(C)C)CC[C@@H]1C(=O)O. The molecule has 0 spiro atoms. The molecule has 0 saturated carbocycles. The maximum atomic E-state index is 12.0. The number of aliphatic carboxylic acids is 1. The minimum absolute atomic E-state index is 0.0988. The van der Waals surface area contributed by atoms with Crippen molar-refractivity contribution >= 4 is 42.0 Å². The van der Waals surface area contributed by atoms with Crippen LogP contribution in [-0.4, -0.2) is 151 Å². The third-order valence-electron chi connectivity index (χ3n) is 8.20. The van der Waals surface area contributed by atoms with Crippen LogP contribution in [0.25, 0.3) is 0 Å². The van der Waals surface area contributed by atoms with Crippen molar-refractivity contribution in [2.45, 2.75) is 118 Å². The molecular formula is C39H65N3O15. The lowest BCUT2D eigenvalue weighted by Gasteiger charge is -2.36. The number of carbonyl (C=O) groups is 7. The summed E-state index contributed by atoms with van der Waals surface area (Å²) in [6.45, 7) is 21.6.